The maximum absolute atomic E-state index is 5.84. The Morgan fingerprint density at radius 2 is 1.70 bits per heavy atom. The van der Waals surface area contributed by atoms with E-state index in [1.807, 2.05) is 36.4 Å². The number of methoxy groups -OCH3 is 1. The number of benzene rings is 2. The summed E-state index contributed by atoms with van der Waals surface area (Å²) in [5.41, 5.74) is 2.25. The third-order valence-electron chi connectivity index (χ3n) is 3.93. The molecule has 1 radical (unpaired) electrons. The van der Waals surface area contributed by atoms with Crippen LogP contribution >= 0.6 is 0 Å². The van der Waals surface area contributed by atoms with Gasteiger partial charge in [-0.15, -0.1) is 0 Å². The second-order valence-corrected chi connectivity index (χ2v) is 5.79. The van der Waals surface area contributed by atoms with Crippen molar-refractivity contribution in [3.8, 4) is 22.6 Å². The first-order chi connectivity index (χ1) is 11.3. The van der Waals surface area contributed by atoms with Crippen molar-refractivity contribution < 1.29 is 9.47 Å². The highest BCUT2D eigenvalue weighted by molar-refractivity contribution is 5.66. The minimum absolute atomic E-state index is 0.768. The van der Waals surface area contributed by atoms with Gasteiger partial charge < -0.3 is 9.47 Å². The molecule has 2 rings (SSSR count). The van der Waals surface area contributed by atoms with E-state index in [9.17, 15) is 0 Å². The van der Waals surface area contributed by atoms with E-state index in [-0.39, 0.29) is 0 Å². The Morgan fingerprint density at radius 3 is 2.52 bits per heavy atom. The van der Waals surface area contributed by atoms with Crippen molar-refractivity contribution in [2.45, 2.75) is 45.4 Å². The smallest absolute Gasteiger partial charge is 0.127 e. The van der Waals surface area contributed by atoms with Gasteiger partial charge in [-0.1, -0.05) is 57.2 Å². The molecular formula is C21H27O2. The van der Waals surface area contributed by atoms with Crippen LogP contribution in [0.15, 0.2) is 42.5 Å². The van der Waals surface area contributed by atoms with Gasteiger partial charge in [-0.25, -0.2) is 0 Å². The van der Waals surface area contributed by atoms with Crippen LogP contribution in [0.4, 0.5) is 0 Å². The Labute approximate surface area is 140 Å². The van der Waals surface area contributed by atoms with E-state index in [0.717, 1.165) is 35.7 Å². The molecule has 0 amide bonds. The minimum atomic E-state index is 0.768. The van der Waals surface area contributed by atoms with E-state index in [4.69, 9.17) is 9.47 Å². The molecule has 123 valence electrons. The van der Waals surface area contributed by atoms with Crippen molar-refractivity contribution in [2.24, 2.45) is 0 Å². The summed E-state index contributed by atoms with van der Waals surface area (Å²) in [6.07, 6.45) is 7.65. The first kappa shape index (κ1) is 17.4. The Kier molecular flexibility index (Phi) is 7.51. The Hall–Kier alpha value is -1.96. The lowest BCUT2D eigenvalue weighted by atomic mass is 10.1. The highest BCUT2D eigenvalue weighted by atomic mass is 16.5. The van der Waals surface area contributed by atoms with Gasteiger partial charge in [0, 0.05) is 6.07 Å². The molecule has 2 nitrogen and oxygen atoms in total. The lowest BCUT2D eigenvalue weighted by molar-refractivity contribution is 0.304. The second kappa shape index (κ2) is 9.94. The summed E-state index contributed by atoms with van der Waals surface area (Å²) in [4.78, 5) is 0. The van der Waals surface area contributed by atoms with Gasteiger partial charge >= 0.3 is 0 Å². The first-order valence-electron chi connectivity index (χ1n) is 8.62. The zero-order chi connectivity index (χ0) is 16.3. The standard InChI is InChI=1S/C21H27O2/c1-3-4-5-6-7-8-15-23-21-14-10-12-19(17-21)18-11-9-13-20(16-18)22-2/h9-13,16-17H,3-8,15H2,1-2H3. The molecule has 0 aliphatic carbocycles. The van der Waals surface area contributed by atoms with Crippen LogP contribution in [0.3, 0.4) is 0 Å². The van der Waals surface area contributed by atoms with Gasteiger partial charge in [0.1, 0.15) is 11.5 Å². The lowest BCUT2D eigenvalue weighted by Gasteiger charge is -2.09. The van der Waals surface area contributed by atoms with Crippen molar-refractivity contribution in [3.63, 3.8) is 0 Å². The molecule has 0 heterocycles. The number of unbranched alkanes of at least 4 members (excludes halogenated alkanes) is 5. The van der Waals surface area contributed by atoms with E-state index < -0.39 is 0 Å². The summed E-state index contributed by atoms with van der Waals surface area (Å²) >= 11 is 0. The normalized spacial score (nSPS) is 10.5. The van der Waals surface area contributed by atoms with Gasteiger partial charge in [0.2, 0.25) is 0 Å². The van der Waals surface area contributed by atoms with Gasteiger partial charge in [-0.05, 0) is 41.8 Å². The lowest BCUT2D eigenvalue weighted by Crippen LogP contribution is -1.97. The fourth-order valence-corrected chi connectivity index (χ4v) is 2.57. The fraction of sp³-hybridized carbons (Fsp3) is 0.429. The Bertz CT molecular complexity index is 578. The predicted molar refractivity (Wildman–Crippen MR) is 96.1 cm³/mol. The molecule has 0 aliphatic rings. The third-order valence-corrected chi connectivity index (χ3v) is 3.93. The van der Waals surface area contributed by atoms with E-state index in [1.54, 1.807) is 7.11 Å². The molecule has 0 saturated carbocycles. The van der Waals surface area contributed by atoms with E-state index in [0.29, 0.717) is 0 Å². The van der Waals surface area contributed by atoms with E-state index in [1.165, 1.54) is 32.1 Å². The quantitative estimate of drug-likeness (QED) is 0.508. The monoisotopic (exact) mass is 311 g/mol. The number of hydrogen-bond donors (Lipinski definition) is 0. The largest absolute Gasteiger partial charge is 0.497 e. The highest BCUT2D eigenvalue weighted by Gasteiger charge is 2.02. The maximum Gasteiger partial charge on any atom is 0.127 e. The van der Waals surface area contributed by atoms with Crippen LogP contribution in [-0.2, 0) is 0 Å². The molecule has 0 fully saturated rings. The van der Waals surface area contributed by atoms with Crippen LogP contribution in [0.1, 0.15) is 45.4 Å². The summed E-state index contributed by atoms with van der Waals surface area (Å²) < 4.78 is 11.1. The molecule has 0 N–H and O–H groups in total. The fourth-order valence-electron chi connectivity index (χ4n) is 2.57. The van der Waals surface area contributed by atoms with Crippen LogP contribution in [0.2, 0.25) is 0 Å². The SMILES string of the molecule is CCCCCCCCOc1[c]ccc(-c2cccc(OC)c2)c1. The van der Waals surface area contributed by atoms with Gasteiger partial charge in [0.25, 0.3) is 0 Å². The van der Waals surface area contributed by atoms with Crippen molar-refractivity contribution >= 4 is 0 Å². The average Bonchev–Trinajstić information content (AvgIpc) is 2.61. The molecular weight excluding hydrogens is 284 g/mol. The molecule has 0 atom stereocenters. The zero-order valence-corrected chi connectivity index (χ0v) is 14.3. The van der Waals surface area contributed by atoms with Crippen LogP contribution < -0.4 is 9.47 Å². The number of rotatable bonds is 10. The van der Waals surface area contributed by atoms with Gasteiger partial charge in [-0.2, -0.15) is 0 Å². The van der Waals surface area contributed by atoms with Crippen LogP contribution in [0, 0.1) is 6.07 Å². The van der Waals surface area contributed by atoms with Crippen molar-refractivity contribution in [2.75, 3.05) is 13.7 Å². The molecule has 2 aromatic carbocycles. The van der Waals surface area contributed by atoms with Crippen LogP contribution in [0.25, 0.3) is 11.1 Å². The summed E-state index contributed by atoms with van der Waals surface area (Å²) in [7, 11) is 1.69. The minimum Gasteiger partial charge on any atom is -0.497 e. The highest BCUT2D eigenvalue weighted by Crippen LogP contribution is 2.26. The Morgan fingerprint density at radius 1 is 0.913 bits per heavy atom. The first-order valence-corrected chi connectivity index (χ1v) is 8.62. The maximum atomic E-state index is 5.84. The van der Waals surface area contributed by atoms with Gasteiger partial charge in [-0.3, -0.25) is 0 Å². The van der Waals surface area contributed by atoms with Gasteiger partial charge in [0.15, 0.2) is 0 Å². The molecule has 2 aromatic rings. The molecule has 0 bridgehead atoms. The van der Waals surface area contributed by atoms with Crippen molar-refractivity contribution in [1.29, 1.82) is 0 Å². The van der Waals surface area contributed by atoms with Crippen LogP contribution in [-0.4, -0.2) is 13.7 Å². The molecule has 23 heavy (non-hydrogen) atoms. The molecule has 0 aromatic heterocycles. The molecule has 0 saturated heterocycles. The van der Waals surface area contributed by atoms with Crippen molar-refractivity contribution in [3.05, 3.63) is 48.5 Å². The third kappa shape index (κ3) is 5.97. The van der Waals surface area contributed by atoms with Gasteiger partial charge in [0.05, 0.1) is 13.7 Å². The predicted octanol–water partition coefficient (Wildman–Crippen LogP) is 5.90. The number of ether oxygens (including phenoxy) is 2. The Balaban J connectivity index is 1.85. The molecule has 2 heteroatoms. The summed E-state index contributed by atoms with van der Waals surface area (Å²) in [5.74, 6) is 1.68. The van der Waals surface area contributed by atoms with E-state index in [2.05, 4.69) is 19.1 Å². The summed E-state index contributed by atoms with van der Waals surface area (Å²) in [6, 6.07) is 17.3. The summed E-state index contributed by atoms with van der Waals surface area (Å²) in [5, 5.41) is 0. The number of hydrogen-bond acceptors (Lipinski definition) is 2. The molecule has 0 aliphatic heterocycles. The molecule has 0 unspecified atom stereocenters. The average molecular weight is 311 g/mol. The zero-order valence-electron chi connectivity index (χ0n) is 14.3. The second-order valence-electron chi connectivity index (χ2n) is 5.79. The topological polar surface area (TPSA) is 18.5 Å². The van der Waals surface area contributed by atoms with Crippen molar-refractivity contribution in [1.82, 2.24) is 0 Å². The molecule has 0 spiro atoms. The summed E-state index contributed by atoms with van der Waals surface area (Å²) in [6.45, 7) is 3.01. The van der Waals surface area contributed by atoms with Crippen LogP contribution in [0.5, 0.6) is 11.5 Å². The van der Waals surface area contributed by atoms with E-state index >= 15 is 0 Å².